The van der Waals surface area contributed by atoms with Gasteiger partial charge < -0.3 is 19.5 Å². The van der Waals surface area contributed by atoms with Gasteiger partial charge in [-0.15, -0.1) is 0 Å². The quantitative estimate of drug-likeness (QED) is 0.332. The summed E-state index contributed by atoms with van der Waals surface area (Å²) in [6.07, 6.45) is 4.94. The third kappa shape index (κ3) is 5.03. The Morgan fingerprint density at radius 2 is 1.78 bits per heavy atom. The predicted molar refractivity (Wildman–Crippen MR) is 150 cm³/mol. The molecule has 1 aliphatic heterocycles. The summed E-state index contributed by atoms with van der Waals surface area (Å²) in [5, 5.41) is 4.04. The number of nitrogens with zero attached hydrogens (tertiary/aromatic N) is 3. The third-order valence-electron chi connectivity index (χ3n) is 6.32. The molecule has 190 valence electrons. The molecule has 0 amide bonds. The molecule has 37 heavy (non-hydrogen) atoms. The number of aryl methyl sites for hydroxylation is 1. The molecule has 0 unspecified atom stereocenters. The first-order valence-electron chi connectivity index (χ1n) is 11.7. The molecule has 0 saturated carbocycles. The fourth-order valence-corrected chi connectivity index (χ4v) is 5.63. The molecule has 1 fully saturated rings. The number of aromatic nitrogens is 2. The van der Waals surface area contributed by atoms with E-state index in [1.807, 2.05) is 73.8 Å². The minimum Gasteiger partial charge on any atom is -0.497 e. The summed E-state index contributed by atoms with van der Waals surface area (Å²) in [6, 6.07) is 23.0. The van der Waals surface area contributed by atoms with Crippen molar-refractivity contribution in [3.8, 4) is 11.4 Å². The van der Waals surface area contributed by atoms with Gasteiger partial charge in [-0.25, -0.2) is 8.42 Å². The Kier molecular flexibility index (Phi) is 6.61. The highest BCUT2D eigenvalue weighted by atomic mass is 32.2. The van der Waals surface area contributed by atoms with Crippen LogP contribution in [0.1, 0.15) is 29.0 Å². The zero-order valence-electron chi connectivity index (χ0n) is 20.6. The molecule has 0 bridgehead atoms. The van der Waals surface area contributed by atoms with Crippen LogP contribution in [0.4, 0.5) is 11.4 Å². The van der Waals surface area contributed by atoms with Crippen molar-refractivity contribution in [2.75, 3.05) is 23.0 Å². The molecule has 8 nitrogen and oxygen atoms in total. The molecule has 5 rings (SSSR count). The number of sulfonamides is 1. The van der Waals surface area contributed by atoms with Crippen LogP contribution in [0.15, 0.2) is 85.2 Å². The van der Waals surface area contributed by atoms with Crippen LogP contribution >= 0.6 is 12.2 Å². The highest BCUT2D eigenvalue weighted by Gasteiger charge is 2.42. The molecule has 2 atom stereocenters. The summed E-state index contributed by atoms with van der Waals surface area (Å²) in [7, 11) is -1.75. The molecular weight excluding hydrogens is 506 g/mol. The number of thiocarbonyl (C=S) groups is 1. The van der Waals surface area contributed by atoms with Gasteiger partial charge in [-0.1, -0.05) is 6.07 Å². The summed E-state index contributed by atoms with van der Waals surface area (Å²) in [6.45, 7) is 1.87. The van der Waals surface area contributed by atoms with Crippen LogP contribution in [-0.4, -0.2) is 36.4 Å². The van der Waals surface area contributed by atoms with E-state index in [4.69, 9.17) is 17.0 Å². The summed E-state index contributed by atoms with van der Waals surface area (Å²) >= 11 is 5.86. The minimum atomic E-state index is -3.40. The first kappa shape index (κ1) is 24.8. The monoisotopic (exact) mass is 533 g/mol. The standard InChI is InChI=1S/C27H27N5O3S2/c1-18-17-20(11-14-22(18)30-37(3,33)34)32-26(25(29-27(32)36)23-7-4-5-15-28-23)24-8-6-16-31(24)19-9-12-21(35-2)13-10-19/h4-17,25-26,30H,1-3H3,(H,29,36)/t25-,26-/m1/s1. The van der Waals surface area contributed by atoms with E-state index in [9.17, 15) is 8.42 Å². The molecule has 1 saturated heterocycles. The van der Waals surface area contributed by atoms with E-state index in [0.717, 1.165) is 40.3 Å². The van der Waals surface area contributed by atoms with Crippen LogP contribution in [0.2, 0.25) is 0 Å². The van der Waals surface area contributed by atoms with E-state index in [0.29, 0.717) is 10.8 Å². The lowest BCUT2D eigenvalue weighted by atomic mass is 10.0. The second-order valence-corrected chi connectivity index (χ2v) is 11.0. The van der Waals surface area contributed by atoms with Gasteiger partial charge in [-0.05, 0) is 91.4 Å². The van der Waals surface area contributed by atoms with Crippen molar-refractivity contribution in [1.82, 2.24) is 14.9 Å². The average molecular weight is 534 g/mol. The van der Waals surface area contributed by atoms with Gasteiger partial charge in [0.1, 0.15) is 11.8 Å². The lowest BCUT2D eigenvalue weighted by molar-refractivity contribution is 0.414. The number of benzene rings is 2. The molecule has 0 aliphatic carbocycles. The van der Waals surface area contributed by atoms with Crippen LogP contribution in [0.5, 0.6) is 5.75 Å². The van der Waals surface area contributed by atoms with E-state index < -0.39 is 10.0 Å². The van der Waals surface area contributed by atoms with E-state index >= 15 is 0 Å². The van der Waals surface area contributed by atoms with Crippen molar-refractivity contribution in [3.05, 3.63) is 102 Å². The fourth-order valence-electron chi connectivity index (χ4n) is 4.66. The molecule has 2 N–H and O–H groups in total. The predicted octanol–water partition coefficient (Wildman–Crippen LogP) is 4.74. The van der Waals surface area contributed by atoms with Crippen molar-refractivity contribution in [1.29, 1.82) is 0 Å². The molecule has 4 aromatic rings. The summed E-state index contributed by atoms with van der Waals surface area (Å²) in [4.78, 5) is 6.70. The largest absolute Gasteiger partial charge is 0.497 e. The summed E-state index contributed by atoms with van der Waals surface area (Å²) < 4.78 is 33.6. The van der Waals surface area contributed by atoms with Crippen molar-refractivity contribution in [3.63, 3.8) is 0 Å². The summed E-state index contributed by atoms with van der Waals surface area (Å²) in [5.41, 5.74) is 5.04. The van der Waals surface area contributed by atoms with Crippen LogP contribution in [-0.2, 0) is 10.0 Å². The Morgan fingerprint density at radius 3 is 2.43 bits per heavy atom. The van der Waals surface area contributed by atoms with Gasteiger partial charge in [0, 0.05) is 29.5 Å². The Balaban J connectivity index is 1.62. The number of hydrogen-bond donors (Lipinski definition) is 2. The summed E-state index contributed by atoms with van der Waals surface area (Å²) in [5.74, 6) is 0.785. The van der Waals surface area contributed by atoms with Crippen LogP contribution in [0.25, 0.3) is 5.69 Å². The number of methoxy groups -OCH3 is 1. The SMILES string of the molecule is COc1ccc(-n2cccc2[C@@H]2[C@@H](c3ccccn3)NC(=S)N2c2ccc(NS(C)(=O)=O)c(C)c2)cc1. The smallest absolute Gasteiger partial charge is 0.229 e. The van der Waals surface area contributed by atoms with Crippen LogP contribution < -0.4 is 19.7 Å². The van der Waals surface area contributed by atoms with Gasteiger partial charge >= 0.3 is 0 Å². The van der Waals surface area contributed by atoms with E-state index in [-0.39, 0.29) is 12.1 Å². The van der Waals surface area contributed by atoms with Crippen molar-refractivity contribution < 1.29 is 13.2 Å². The molecule has 1 aliphatic rings. The Morgan fingerprint density at radius 1 is 1.03 bits per heavy atom. The highest BCUT2D eigenvalue weighted by molar-refractivity contribution is 7.92. The van der Waals surface area contributed by atoms with Crippen molar-refractivity contribution in [2.45, 2.75) is 19.0 Å². The van der Waals surface area contributed by atoms with Gasteiger partial charge in [0.25, 0.3) is 0 Å². The van der Waals surface area contributed by atoms with Gasteiger partial charge in [-0.2, -0.15) is 0 Å². The highest BCUT2D eigenvalue weighted by Crippen LogP contribution is 2.43. The zero-order chi connectivity index (χ0) is 26.2. The van der Waals surface area contributed by atoms with Crippen LogP contribution in [0.3, 0.4) is 0 Å². The number of pyridine rings is 1. The minimum absolute atomic E-state index is 0.213. The fraction of sp³-hybridized carbons (Fsp3) is 0.185. The van der Waals surface area contributed by atoms with E-state index in [2.05, 4.69) is 30.6 Å². The average Bonchev–Trinajstić information content (AvgIpc) is 3.49. The van der Waals surface area contributed by atoms with Gasteiger partial charge in [0.05, 0.1) is 30.8 Å². The maximum absolute atomic E-state index is 11.8. The normalized spacial score (nSPS) is 17.5. The molecule has 0 spiro atoms. The van der Waals surface area contributed by atoms with Gasteiger partial charge in [-0.3, -0.25) is 9.71 Å². The maximum Gasteiger partial charge on any atom is 0.229 e. The molecular formula is C27H27N5O3S2. The molecule has 3 heterocycles. The van der Waals surface area contributed by atoms with Crippen LogP contribution in [0, 0.1) is 6.92 Å². The molecule has 2 aromatic carbocycles. The Bertz CT molecular complexity index is 1540. The lowest BCUT2D eigenvalue weighted by Gasteiger charge is -2.29. The Labute approximate surface area is 222 Å². The van der Waals surface area contributed by atoms with E-state index in [1.165, 1.54) is 0 Å². The topological polar surface area (TPSA) is 88.5 Å². The molecule has 0 radical (unpaired) electrons. The number of anilines is 2. The number of rotatable bonds is 7. The second kappa shape index (κ2) is 9.87. The first-order valence-corrected chi connectivity index (χ1v) is 14.0. The van der Waals surface area contributed by atoms with Gasteiger partial charge in [0.2, 0.25) is 10.0 Å². The Hall–Kier alpha value is -3.89. The third-order valence-corrected chi connectivity index (χ3v) is 7.22. The second-order valence-electron chi connectivity index (χ2n) is 8.87. The lowest BCUT2D eigenvalue weighted by Crippen LogP contribution is -2.30. The molecule has 2 aromatic heterocycles. The number of nitrogens with one attached hydrogen (secondary N) is 2. The van der Waals surface area contributed by atoms with Crippen molar-refractivity contribution in [2.24, 2.45) is 0 Å². The zero-order valence-corrected chi connectivity index (χ0v) is 22.3. The molecule has 10 heteroatoms. The van der Waals surface area contributed by atoms with E-state index in [1.54, 1.807) is 19.4 Å². The number of ether oxygens (including phenoxy) is 1. The van der Waals surface area contributed by atoms with Gasteiger partial charge in [0.15, 0.2) is 5.11 Å². The maximum atomic E-state index is 11.8. The first-order chi connectivity index (χ1) is 17.7. The number of hydrogen-bond acceptors (Lipinski definition) is 5. The van der Waals surface area contributed by atoms with Crippen molar-refractivity contribution >= 4 is 38.7 Å².